The molecule has 1 atom stereocenters. The molecule has 3 nitrogen and oxygen atoms in total. The molecule has 0 aliphatic heterocycles. The molecule has 0 bridgehead atoms. The minimum atomic E-state index is -0.794. The summed E-state index contributed by atoms with van der Waals surface area (Å²) in [5.74, 6) is -0.794. The van der Waals surface area contributed by atoms with E-state index < -0.39 is 5.97 Å². The van der Waals surface area contributed by atoms with Crippen LogP contribution >= 0.6 is 0 Å². The minimum Gasteiger partial charge on any atom is -0.481 e. The van der Waals surface area contributed by atoms with E-state index in [4.69, 9.17) is 5.11 Å². The van der Waals surface area contributed by atoms with Gasteiger partial charge >= 0.3 is 5.97 Å². The summed E-state index contributed by atoms with van der Waals surface area (Å²) in [4.78, 5) is 10.7. The molecule has 0 aromatic heterocycles. The number of carbonyl (C=O) groups is 1. The lowest BCUT2D eigenvalue weighted by Gasteiger charge is -2.16. The predicted octanol–water partition coefficient (Wildman–Crippen LogP) is 2.91. The van der Waals surface area contributed by atoms with Crippen molar-refractivity contribution in [3.05, 3.63) is 29.8 Å². The van der Waals surface area contributed by atoms with E-state index in [-0.39, 0.29) is 6.42 Å². The molecule has 88 valence electrons. The summed E-state index contributed by atoms with van der Waals surface area (Å²) in [5.41, 5.74) is 1.78. The summed E-state index contributed by atoms with van der Waals surface area (Å²) in [6.07, 6.45) is 2.28. The highest BCUT2D eigenvalue weighted by molar-refractivity contribution is 5.73. The van der Waals surface area contributed by atoms with E-state index in [1.807, 2.05) is 24.3 Å². The molecule has 1 unspecified atom stereocenters. The molecule has 0 fully saturated rings. The average molecular weight is 221 g/mol. The lowest BCUT2D eigenvalue weighted by atomic mass is 10.1. The molecule has 2 N–H and O–H groups in total. The highest BCUT2D eigenvalue weighted by atomic mass is 16.4. The summed E-state index contributed by atoms with van der Waals surface area (Å²) in [6.45, 7) is 4.25. The maximum Gasteiger partial charge on any atom is 0.307 e. The van der Waals surface area contributed by atoms with Gasteiger partial charge in [-0.1, -0.05) is 31.5 Å². The van der Waals surface area contributed by atoms with Gasteiger partial charge in [-0.05, 0) is 25.0 Å². The van der Waals surface area contributed by atoms with Crippen LogP contribution in [0.15, 0.2) is 24.3 Å². The monoisotopic (exact) mass is 221 g/mol. The first kappa shape index (κ1) is 12.6. The molecule has 0 saturated heterocycles. The highest BCUT2D eigenvalue weighted by Crippen LogP contribution is 2.17. The number of para-hydroxylation sites is 1. The first-order valence-electron chi connectivity index (χ1n) is 5.69. The van der Waals surface area contributed by atoms with Crippen LogP contribution in [0.5, 0.6) is 0 Å². The van der Waals surface area contributed by atoms with E-state index in [1.165, 1.54) is 0 Å². The molecule has 0 heterocycles. The van der Waals surface area contributed by atoms with Crippen LogP contribution < -0.4 is 5.32 Å². The number of nitrogens with one attached hydrogen (secondary N) is 1. The van der Waals surface area contributed by atoms with Crippen molar-refractivity contribution in [2.24, 2.45) is 0 Å². The molecule has 1 aromatic rings. The number of rotatable bonds is 6. The largest absolute Gasteiger partial charge is 0.481 e. The summed E-state index contributed by atoms with van der Waals surface area (Å²) < 4.78 is 0. The fraction of sp³-hybridized carbons (Fsp3) is 0.462. The van der Waals surface area contributed by atoms with Crippen LogP contribution in [-0.4, -0.2) is 17.1 Å². The van der Waals surface area contributed by atoms with Gasteiger partial charge in [0, 0.05) is 11.7 Å². The Morgan fingerprint density at radius 3 is 2.75 bits per heavy atom. The number of hydrogen-bond acceptors (Lipinski definition) is 2. The van der Waals surface area contributed by atoms with Crippen molar-refractivity contribution < 1.29 is 9.90 Å². The van der Waals surface area contributed by atoms with E-state index in [1.54, 1.807) is 0 Å². The first-order valence-corrected chi connectivity index (χ1v) is 5.69. The molecule has 1 aromatic carbocycles. The molecule has 0 radical (unpaired) electrons. The zero-order valence-electron chi connectivity index (χ0n) is 9.86. The molecular formula is C13H19NO2. The third-order valence-electron chi connectivity index (χ3n) is 2.48. The Morgan fingerprint density at radius 2 is 2.12 bits per heavy atom. The Hall–Kier alpha value is -1.51. The fourth-order valence-corrected chi connectivity index (χ4v) is 1.75. The van der Waals surface area contributed by atoms with Crippen molar-refractivity contribution >= 4 is 11.7 Å². The molecule has 0 amide bonds. The van der Waals surface area contributed by atoms with Crippen LogP contribution in [0.2, 0.25) is 0 Å². The minimum absolute atomic E-state index is 0.0714. The van der Waals surface area contributed by atoms with Gasteiger partial charge in [-0.2, -0.15) is 0 Å². The van der Waals surface area contributed by atoms with Crippen molar-refractivity contribution in [3.8, 4) is 0 Å². The summed E-state index contributed by atoms with van der Waals surface area (Å²) >= 11 is 0. The van der Waals surface area contributed by atoms with Gasteiger partial charge in [-0.3, -0.25) is 4.79 Å². The maximum absolute atomic E-state index is 10.7. The summed E-state index contributed by atoms with van der Waals surface area (Å²) in [5, 5.41) is 12.2. The Balaban J connectivity index is 2.74. The van der Waals surface area contributed by atoms with Gasteiger partial charge in [0.05, 0.1) is 6.42 Å². The average Bonchev–Trinajstić information content (AvgIpc) is 2.20. The Morgan fingerprint density at radius 1 is 1.44 bits per heavy atom. The van der Waals surface area contributed by atoms with Crippen LogP contribution in [0.3, 0.4) is 0 Å². The van der Waals surface area contributed by atoms with Crippen molar-refractivity contribution in [3.63, 3.8) is 0 Å². The third-order valence-corrected chi connectivity index (χ3v) is 2.48. The van der Waals surface area contributed by atoms with Crippen LogP contribution in [0.4, 0.5) is 5.69 Å². The fourth-order valence-electron chi connectivity index (χ4n) is 1.75. The number of carboxylic acids is 1. The van der Waals surface area contributed by atoms with Crippen LogP contribution in [0.25, 0.3) is 0 Å². The second-order valence-corrected chi connectivity index (χ2v) is 4.06. The second-order valence-electron chi connectivity index (χ2n) is 4.06. The Kier molecular flexibility index (Phi) is 4.83. The molecule has 0 spiro atoms. The third kappa shape index (κ3) is 3.93. The quantitative estimate of drug-likeness (QED) is 0.776. The molecule has 1 rings (SSSR count). The van der Waals surface area contributed by atoms with Gasteiger partial charge in [0.2, 0.25) is 0 Å². The second kappa shape index (κ2) is 6.16. The van der Waals surface area contributed by atoms with Gasteiger partial charge in [-0.15, -0.1) is 0 Å². The molecule has 0 aliphatic carbocycles. The lowest BCUT2D eigenvalue weighted by Crippen LogP contribution is -2.16. The van der Waals surface area contributed by atoms with E-state index in [2.05, 4.69) is 19.2 Å². The Labute approximate surface area is 96.5 Å². The van der Waals surface area contributed by atoms with Crippen molar-refractivity contribution in [1.29, 1.82) is 0 Å². The van der Waals surface area contributed by atoms with Gasteiger partial charge < -0.3 is 10.4 Å². The van der Waals surface area contributed by atoms with Crippen molar-refractivity contribution in [1.82, 2.24) is 0 Å². The summed E-state index contributed by atoms with van der Waals surface area (Å²) in [6, 6.07) is 7.96. The van der Waals surface area contributed by atoms with E-state index >= 15 is 0 Å². The molecule has 16 heavy (non-hydrogen) atoms. The molecular weight excluding hydrogens is 202 g/mol. The molecule has 0 aliphatic rings. The maximum atomic E-state index is 10.7. The van der Waals surface area contributed by atoms with Gasteiger partial charge in [-0.25, -0.2) is 0 Å². The van der Waals surface area contributed by atoms with Crippen molar-refractivity contribution in [2.75, 3.05) is 5.32 Å². The van der Waals surface area contributed by atoms with E-state index in [0.29, 0.717) is 6.04 Å². The van der Waals surface area contributed by atoms with Crippen LogP contribution in [0, 0.1) is 0 Å². The van der Waals surface area contributed by atoms with Gasteiger partial charge in [0.1, 0.15) is 0 Å². The first-order chi connectivity index (χ1) is 7.63. The zero-order chi connectivity index (χ0) is 12.0. The lowest BCUT2D eigenvalue weighted by molar-refractivity contribution is -0.136. The normalized spacial score (nSPS) is 12.1. The molecule has 3 heteroatoms. The van der Waals surface area contributed by atoms with E-state index in [9.17, 15) is 4.79 Å². The standard InChI is InChI=1S/C13H19NO2/c1-3-6-10(2)14-12-8-5-4-7-11(12)9-13(15)16/h4-5,7-8,10,14H,3,6,9H2,1-2H3,(H,15,16). The van der Waals surface area contributed by atoms with Crippen LogP contribution in [-0.2, 0) is 11.2 Å². The van der Waals surface area contributed by atoms with Crippen LogP contribution in [0.1, 0.15) is 32.3 Å². The van der Waals surface area contributed by atoms with Crippen molar-refractivity contribution in [2.45, 2.75) is 39.2 Å². The number of benzene rings is 1. The smallest absolute Gasteiger partial charge is 0.307 e. The van der Waals surface area contributed by atoms with E-state index in [0.717, 1.165) is 24.1 Å². The summed E-state index contributed by atoms with van der Waals surface area (Å²) in [7, 11) is 0. The van der Waals surface area contributed by atoms with Gasteiger partial charge in [0.25, 0.3) is 0 Å². The SMILES string of the molecule is CCCC(C)Nc1ccccc1CC(=O)O. The number of carboxylic acid groups (broad SMARTS) is 1. The topological polar surface area (TPSA) is 49.3 Å². The zero-order valence-corrected chi connectivity index (χ0v) is 9.86. The Bertz CT molecular complexity index is 350. The van der Waals surface area contributed by atoms with Gasteiger partial charge in [0.15, 0.2) is 0 Å². The predicted molar refractivity (Wildman–Crippen MR) is 65.8 cm³/mol. The molecule has 0 saturated carbocycles. The highest BCUT2D eigenvalue weighted by Gasteiger charge is 2.08. The number of anilines is 1. The number of aliphatic carboxylic acids is 1. The number of hydrogen-bond donors (Lipinski definition) is 2.